The zero-order valence-electron chi connectivity index (χ0n) is 7.63. The van der Waals surface area contributed by atoms with E-state index in [0.717, 1.165) is 17.5 Å². The molecule has 72 valence electrons. The monoisotopic (exact) mass is 244 g/mol. The molecule has 1 rings (SSSR count). The molecule has 0 amide bonds. The summed E-state index contributed by atoms with van der Waals surface area (Å²) in [5, 5.41) is 0.888. The van der Waals surface area contributed by atoms with Crippen LogP contribution in [-0.2, 0) is 9.53 Å². The van der Waals surface area contributed by atoms with Crippen LogP contribution in [0.5, 0.6) is 0 Å². The summed E-state index contributed by atoms with van der Waals surface area (Å²) in [6.07, 6.45) is 7.10. The SMILES string of the molecule is CC(=O)C[C@@H]1C=CC=C(CCBr)O1. The fourth-order valence-electron chi connectivity index (χ4n) is 1.19. The lowest BCUT2D eigenvalue weighted by Gasteiger charge is -2.19. The van der Waals surface area contributed by atoms with Crippen LogP contribution in [0.4, 0.5) is 0 Å². The van der Waals surface area contributed by atoms with Gasteiger partial charge in [-0.25, -0.2) is 0 Å². The van der Waals surface area contributed by atoms with Crippen molar-refractivity contribution in [2.75, 3.05) is 5.33 Å². The van der Waals surface area contributed by atoms with E-state index >= 15 is 0 Å². The molecule has 0 aromatic heterocycles. The van der Waals surface area contributed by atoms with Crippen molar-refractivity contribution in [2.45, 2.75) is 25.9 Å². The van der Waals surface area contributed by atoms with Crippen LogP contribution in [0, 0.1) is 0 Å². The Morgan fingerprint density at radius 1 is 1.69 bits per heavy atom. The summed E-state index contributed by atoms with van der Waals surface area (Å²) >= 11 is 3.34. The maximum atomic E-state index is 10.8. The summed E-state index contributed by atoms with van der Waals surface area (Å²) in [4.78, 5) is 10.8. The molecular weight excluding hydrogens is 232 g/mol. The van der Waals surface area contributed by atoms with Gasteiger partial charge >= 0.3 is 0 Å². The van der Waals surface area contributed by atoms with Gasteiger partial charge in [-0.2, -0.15) is 0 Å². The number of carbonyl (C=O) groups is 1. The fraction of sp³-hybridized carbons (Fsp3) is 0.500. The fourth-order valence-corrected chi connectivity index (χ4v) is 1.58. The first kappa shape index (κ1) is 10.5. The molecule has 13 heavy (non-hydrogen) atoms. The van der Waals surface area contributed by atoms with Crippen molar-refractivity contribution < 1.29 is 9.53 Å². The van der Waals surface area contributed by atoms with Crippen molar-refractivity contribution >= 4 is 21.7 Å². The van der Waals surface area contributed by atoms with Gasteiger partial charge in [0.2, 0.25) is 0 Å². The predicted octanol–water partition coefficient (Wildman–Crippen LogP) is 2.59. The quantitative estimate of drug-likeness (QED) is 0.711. The molecule has 1 atom stereocenters. The lowest BCUT2D eigenvalue weighted by Crippen LogP contribution is -2.15. The number of rotatable bonds is 4. The van der Waals surface area contributed by atoms with Gasteiger partial charge < -0.3 is 4.74 Å². The molecule has 0 fully saturated rings. The summed E-state index contributed by atoms with van der Waals surface area (Å²) in [7, 11) is 0. The lowest BCUT2D eigenvalue weighted by atomic mass is 10.1. The first-order valence-electron chi connectivity index (χ1n) is 4.32. The highest BCUT2D eigenvalue weighted by Gasteiger charge is 2.13. The Morgan fingerprint density at radius 3 is 3.08 bits per heavy atom. The largest absolute Gasteiger partial charge is 0.490 e. The Kier molecular flexibility index (Phi) is 4.22. The number of alkyl halides is 1. The summed E-state index contributed by atoms with van der Waals surface area (Å²) in [6, 6.07) is 0. The molecule has 1 aliphatic heterocycles. The average Bonchev–Trinajstić information content (AvgIpc) is 2.04. The normalized spacial score (nSPS) is 20.8. The Hall–Kier alpha value is -0.570. The number of hydrogen-bond donors (Lipinski definition) is 0. The van der Waals surface area contributed by atoms with Crippen molar-refractivity contribution in [1.29, 1.82) is 0 Å². The second kappa shape index (κ2) is 5.22. The summed E-state index contributed by atoms with van der Waals surface area (Å²) in [5.41, 5.74) is 0. The van der Waals surface area contributed by atoms with Crippen LogP contribution in [0.1, 0.15) is 19.8 Å². The van der Waals surface area contributed by atoms with E-state index in [-0.39, 0.29) is 11.9 Å². The first-order valence-corrected chi connectivity index (χ1v) is 5.44. The summed E-state index contributed by atoms with van der Waals surface area (Å²) in [5.74, 6) is 1.11. The topological polar surface area (TPSA) is 26.3 Å². The number of allylic oxidation sites excluding steroid dienone is 3. The van der Waals surface area contributed by atoms with Gasteiger partial charge in [0.1, 0.15) is 11.9 Å². The van der Waals surface area contributed by atoms with Gasteiger partial charge in [0.05, 0.1) is 5.76 Å². The second-order valence-electron chi connectivity index (χ2n) is 3.02. The molecule has 0 saturated carbocycles. The number of ether oxygens (including phenoxy) is 1. The molecule has 0 bridgehead atoms. The predicted molar refractivity (Wildman–Crippen MR) is 55.8 cm³/mol. The maximum absolute atomic E-state index is 10.8. The molecule has 1 aliphatic rings. The van der Waals surface area contributed by atoms with E-state index < -0.39 is 0 Å². The van der Waals surface area contributed by atoms with Crippen LogP contribution in [0.15, 0.2) is 24.0 Å². The minimum atomic E-state index is -0.0588. The van der Waals surface area contributed by atoms with Gasteiger partial charge in [0.15, 0.2) is 0 Å². The number of carbonyl (C=O) groups excluding carboxylic acids is 1. The van der Waals surface area contributed by atoms with Crippen molar-refractivity contribution in [2.24, 2.45) is 0 Å². The molecule has 0 spiro atoms. The van der Waals surface area contributed by atoms with Gasteiger partial charge in [0, 0.05) is 18.2 Å². The van der Waals surface area contributed by atoms with Crippen molar-refractivity contribution in [3.63, 3.8) is 0 Å². The molecule has 2 nitrogen and oxygen atoms in total. The maximum Gasteiger partial charge on any atom is 0.133 e. The molecule has 0 N–H and O–H groups in total. The molecular formula is C10H13BrO2. The molecule has 0 radical (unpaired) electrons. The van der Waals surface area contributed by atoms with E-state index in [1.807, 2.05) is 18.2 Å². The molecule has 1 heterocycles. The third-order valence-corrected chi connectivity index (χ3v) is 2.14. The molecule has 0 unspecified atom stereocenters. The second-order valence-corrected chi connectivity index (χ2v) is 3.81. The molecule has 0 aromatic carbocycles. The van der Waals surface area contributed by atoms with E-state index in [2.05, 4.69) is 15.9 Å². The Morgan fingerprint density at radius 2 is 2.46 bits per heavy atom. The highest BCUT2D eigenvalue weighted by molar-refractivity contribution is 9.09. The van der Waals surface area contributed by atoms with Gasteiger partial charge in [-0.15, -0.1) is 0 Å². The molecule has 0 aliphatic carbocycles. The highest BCUT2D eigenvalue weighted by atomic mass is 79.9. The standard InChI is InChI=1S/C10H13BrO2/c1-8(12)7-10-4-2-3-9(13-10)5-6-11/h2-4,10H,5-7H2,1H3/t10-/m0/s1. The number of halogens is 1. The van der Waals surface area contributed by atoms with E-state index in [0.29, 0.717) is 6.42 Å². The van der Waals surface area contributed by atoms with E-state index in [1.54, 1.807) is 6.92 Å². The zero-order chi connectivity index (χ0) is 9.68. The van der Waals surface area contributed by atoms with Crippen LogP contribution < -0.4 is 0 Å². The molecule has 3 heteroatoms. The third-order valence-electron chi connectivity index (χ3n) is 1.74. The number of ketones is 1. The molecule has 0 saturated heterocycles. The van der Waals surface area contributed by atoms with Gasteiger partial charge in [-0.05, 0) is 19.1 Å². The van der Waals surface area contributed by atoms with Crippen molar-refractivity contribution in [1.82, 2.24) is 0 Å². The first-order chi connectivity index (χ1) is 6.22. The third kappa shape index (κ3) is 3.77. The molecule has 0 aromatic rings. The summed E-state index contributed by atoms with van der Waals surface area (Å²) in [6.45, 7) is 1.58. The number of Topliss-reactive ketones (excluding diaryl/α,β-unsaturated/α-hetero) is 1. The summed E-state index contributed by atoms with van der Waals surface area (Å²) < 4.78 is 5.56. The Labute approximate surface area is 86.8 Å². The van der Waals surface area contributed by atoms with Gasteiger partial charge in [-0.1, -0.05) is 22.0 Å². The van der Waals surface area contributed by atoms with Crippen LogP contribution in [0.2, 0.25) is 0 Å². The van der Waals surface area contributed by atoms with E-state index in [1.165, 1.54) is 0 Å². The Bertz CT molecular complexity index is 243. The van der Waals surface area contributed by atoms with Crippen LogP contribution >= 0.6 is 15.9 Å². The zero-order valence-corrected chi connectivity index (χ0v) is 9.21. The van der Waals surface area contributed by atoms with Gasteiger partial charge in [0.25, 0.3) is 0 Å². The number of hydrogen-bond acceptors (Lipinski definition) is 2. The van der Waals surface area contributed by atoms with Crippen molar-refractivity contribution in [3.8, 4) is 0 Å². The van der Waals surface area contributed by atoms with Crippen LogP contribution in [0.25, 0.3) is 0 Å². The lowest BCUT2D eigenvalue weighted by molar-refractivity contribution is -0.118. The minimum Gasteiger partial charge on any atom is -0.490 e. The van der Waals surface area contributed by atoms with Crippen LogP contribution in [0.3, 0.4) is 0 Å². The van der Waals surface area contributed by atoms with E-state index in [9.17, 15) is 4.79 Å². The van der Waals surface area contributed by atoms with Gasteiger partial charge in [-0.3, -0.25) is 4.79 Å². The smallest absolute Gasteiger partial charge is 0.133 e. The van der Waals surface area contributed by atoms with E-state index in [4.69, 9.17) is 4.74 Å². The average molecular weight is 245 g/mol. The highest BCUT2D eigenvalue weighted by Crippen LogP contribution is 2.17. The van der Waals surface area contributed by atoms with Crippen molar-refractivity contribution in [3.05, 3.63) is 24.0 Å². The Balaban J connectivity index is 2.44. The minimum absolute atomic E-state index is 0.0588. The van der Waals surface area contributed by atoms with Crippen LogP contribution in [-0.4, -0.2) is 17.2 Å².